The van der Waals surface area contributed by atoms with Gasteiger partial charge in [-0.25, -0.2) is 4.84 Å². The van der Waals surface area contributed by atoms with E-state index in [4.69, 9.17) is 16.5 Å². The molecule has 4 heteroatoms. The van der Waals surface area contributed by atoms with E-state index in [0.717, 1.165) is 18.8 Å². The summed E-state index contributed by atoms with van der Waals surface area (Å²) in [5.74, 6) is 1.57. The normalized spacial score (nSPS) is 28.3. The van der Waals surface area contributed by atoms with Crippen LogP contribution < -0.4 is 4.84 Å². The Labute approximate surface area is 109 Å². The van der Waals surface area contributed by atoms with Crippen LogP contribution in [0.4, 0.5) is 0 Å². The third-order valence-corrected chi connectivity index (χ3v) is 4.29. The number of hydrogen-bond acceptors (Lipinski definition) is 3. The summed E-state index contributed by atoms with van der Waals surface area (Å²) in [5.41, 5.74) is 0. The number of esters is 1. The van der Waals surface area contributed by atoms with Gasteiger partial charge in [-0.2, -0.15) is 0 Å². The Balaban J connectivity index is 2.70. The summed E-state index contributed by atoms with van der Waals surface area (Å²) in [6, 6.07) is 0.0130. The van der Waals surface area contributed by atoms with Gasteiger partial charge in [0.15, 0.2) is 0 Å². The summed E-state index contributed by atoms with van der Waals surface area (Å²) in [6.07, 6.45) is 3.49. The van der Waals surface area contributed by atoms with Gasteiger partial charge in [0.1, 0.15) is 0 Å². The highest BCUT2D eigenvalue weighted by Crippen LogP contribution is 2.47. The van der Waals surface area contributed by atoms with Crippen LogP contribution in [0.25, 0.3) is 0 Å². The number of hydrogen-bond donors (Lipinski definition) is 1. The highest BCUT2D eigenvalue weighted by atomic mass is 35.5. The van der Waals surface area contributed by atoms with Gasteiger partial charge in [-0.3, -0.25) is 4.79 Å². The smallest absolute Gasteiger partial charge is 0.310 e. The van der Waals surface area contributed by atoms with Crippen molar-refractivity contribution in [3.05, 3.63) is 0 Å². The number of ether oxygens (including phenoxy) is 1. The van der Waals surface area contributed by atoms with Crippen molar-refractivity contribution in [1.29, 1.82) is 0 Å². The Morgan fingerprint density at radius 2 is 2.18 bits per heavy atom. The van der Waals surface area contributed by atoms with Gasteiger partial charge in [-0.05, 0) is 42.4 Å². The third-order valence-electron chi connectivity index (χ3n) is 4.04. The minimum absolute atomic E-state index is 0.0130. The fourth-order valence-electron chi connectivity index (χ4n) is 2.82. The topological polar surface area (TPSA) is 38.3 Å². The lowest BCUT2D eigenvalue weighted by molar-refractivity contribution is -0.146. The first-order valence-corrected chi connectivity index (χ1v) is 6.88. The maximum atomic E-state index is 11.6. The van der Waals surface area contributed by atoms with Crippen LogP contribution in [0.5, 0.6) is 0 Å². The Morgan fingerprint density at radius 1 is 1.59 bits per heavy atom. The molecule has 1 N–H and O–H groups in total. The molecule has 0 heterocycles. The molecule has 1 aliphatic rings. The van der Waals surface area contributed by atoms with E-state index in [1.807, 2.05) is 6.92 Å². The average molecular weight is 262 g/mol. The summed E-state index contributed by atoms with van der Waals surface area (Å²) < 4.78 is 4.81. The number of methoxy groups -OCH3 is 1. The zero-order chi connectivity index (χ0) is 13.0. The molecular formula is C13H24ClNO2. The zero-order valence-electron chi connectivity index (χ0n) is 11.2. The molecular weight excluding hydrogens is 238 g/mol. The lowest BCUT2D eigenvalue weighted by Gasteiger charge is -2.29. The molecule has 1 aliphatic carbocycles. The van der Waals surface area contributed by atoms with Crippen LogP contribution in [0.3, 0.4) is 0 Å². The summed E-state index contributed by atoms with van der Waals surface area (Å²) in [5, 5.41) is 0. The molecule has 100 valence electrons. The van der Waals surface area contributed by atoms with Crippen LogP contribution in [-0.2, 0) is 9.53 Å². The summed E-state index contributed by atoms with van der Waals surface area (Å²) in [7, 11) is 1.43. The van der Waals surface area contributed by atoms with E-state index in [1.165, 1.54) is 13.5 Å². The standard InChI is InChI=1S/C13H24ClNO2/c1-5-6-10(11-7-8(11)2)12(15-14)9(3)13(16)17-4/h8-12,15H,5-7H2,1-4H3/t8?,9-,10?,11?,12-/m0/s1. The number of carbonyl (C=O) groups is 1. The predicted octanol–water partition coefficient (Wildman–Crippen LogP) is 2.98. The molecule has 0 radical (unpaired) electrons. The van der Waals surface area contributed by atoms with Gasteiger partial charge in [0.25, 0.3) is 0 Å². The maximum Gasteiger partial charge on any atom is 0.310 e. The monoisotopic (exact) mass is 261 g/mol. The highest BCUT2D eigenvalue weighted by molar-refractivity contribution is 6.13. The minimum atomic E-state index is -0.193. The van der Waals surface area contributed by atoms with Crippen LogP contribution >= 0.6 is 11.8 Å². The predicted molar refractivity (Wildman–Crippen MR) is 69.6 cm³/mol. The van der Waals surface area contributed by atoms with Crippen molar-refractivity contribution in [3.63, 3.8) is 0 Å². The molecule has 1 saturated carbocycles. The fraction of sp³-hybridized carbons (Fsp3) is 0.923. The Bertz CT molecular complexity index is 260. The average Bonchev–Trinajstić information content (AvgIpc) is 3.04. The van der Waals surface area contributed by atoms with Gasteiger partial charge < -0.3 is 4.74 Å². The van der Waals surface area contributed by atoms with E-state index in [9.17, 15) is 4.79 Å². The van der Waals surface area contributed by atoms with Crippen molar-refractivity contribution in [2.24, 2.45) is 23.7 Å². The molecule has 17 heavy (non-hydrogen) atoms. The van der Waals surface area contributed by atoms with E-state index in [-0.39, 0.29) is 17.9 Å². The van der Waals surface area contributed by atoms with Crippen LogP contribution in [0, 0.1) is 23.7 Å². The molecule has 3 unspecified atom stereocenters. The summed E-state index contributed by atoms with van der Waals surface area (Å²) in [6.45, 7) is 6.33. The molecule has 0 aliphatic heterocycles. The molecule has 5 atom stereocenters. The molecule has 0 aromatic rings. The van der Waals surface area contributed by atoms with E-state index in [0.29, 0.717) is 11.8 Å². The second-order valence-electron chi connectivity index (χ2n) is 5.28. The lowest BCUT2D eigenvalue weighted by Crippen LogP contribution is -2.41. The maximum absolute atomic E-state index is 11.6. The van der Waals surface area contributed by atoms with Gasteiger partial charge in [-0.1, -0.05) is 27.2 Å². The van der Waals surface area contributed by atoms with Crippen molar-refractivity contribution < 1.29 is 9.53 Å². The van der Waals surface area contributed by atoms with Crippen LogP contribution in [-0.4, -0.2) is 19.1 Å². The van der Waals surface area contributed by atoms with Gasteiger partial charge >= 0.3 is 5.97 Å². The molecule has 0 amide bonds. The zero-order valence-corrected chi connectivity index (χ0v) is 12.0. The first-order valence-electron chi connectivity index (χ1n) is 6.50. The SMILES string of the molecule is CCCC(C1CC1C)[C@@H](NCl)[C@H](C)C(=O)OC. The van der Waals surface area contributed by atoms with E-state index in [2.05, 4.69) is 18.7 Å². The number of nitrogens with one attached hydrogen (secondary N) is 1. The van der Waals surface area contributed by atoms with Crippen molar-refractivity contribution in [2.45, 2.75) is 46.1 Å². The third kappa shape index (κ3) is 3.59. The molecule has 0 aromatic carbocycles. The molecule has 1 fully saturated rings. The number of rotatable bonds is 7. The van der Waals surface area contributed by atoms with Crippen molar-refractivity contribution in [3.8, 4) is 0 Å². The van der Waals surface area contributed by atoms with Gasteiger partial charge in [0.05, 0.1) is 13.0 Å². The number of carbonyl (C=O) groups excluding carboxylic acids is 1. The van der Waals surface area contributed by atoms with Crippen LogP contribution in [0.15, 0.2) is 0 Å². The lowest BCUT2D eigenvalue weighted by atomic mass is 9.83. The minimum Gasteiger partial charge on any atom is -0.469 e. The first kappa shape index (κ1) is 14.8. The van der Waals surface area contributed by atoms with Gasteiger partial charge in [0, 0.05) is 6.04 Å². The number of halogens is 1. The Morgan fingerprint density at radius 3 is 2.53 bits per heavy atom. The molecule has 3 nitrogen and oxygen atoms in total. The van der Waals surface area contributed by atoms with E-state index >= 15 is 0 Å². The highest BCUT2D eigenvalue weighted by Gasteiger charge is 2.44. The molecule has 1 rings (SSSR count). The van der Waals surface area contributed by atoms with Gasteiger partial charge in [-0.15, -0.1) is 0 Å². The molecule has 0 spiro atoms. The second kappa shape index (κ2) is 6.60. The van der Waals surface area contributed by atoms with Crippen LogP contribution in [0.1, 0.15) is 40.0 Å². The van der Waals surface area contributed by atoms with Crippen molar-refractivity contribution in [1.82, 2.24) is 4.84 Å². The molecule has 0 saturated heterocycles. The largest absolute Gasteiger partial charge is 0.469 e. The van der Waals surface area contributed by atoms with E-state index in [1.54, 1.807) is 0 Å². The van der Waals surface area contributed by atoms with Crippen LogP contribution in [0.2, 0.25) is 0 Å². The summed E-state index contributed by atoms with van der Waals surface area (Å²) >= 11 is 5.86. The molecule has 0 aromatic heterocycles. The molecule has 0 bridgehead atoms. The quantitative estimate of drug-likeness (QED) is 0.566. The fourth-order valence-corrected chi connectivity index (χ4v) is 3.17. The second-order valence-corrected chi connectivity index (χ2v) is 5.49. The van der Waals surface area contributed by atoms with Gasteiger partial charge in [0.2, 0.25) is 0 Å². The van der Waals surface area contributed by atoms with E-state index < -0.39 is 0 Å². The Kier molecular flexibility index (Phi) is 5.74. The van der Waals surface area contributed by atoms with Crippen molar-refractivity contribution in [2.75, 3.05) is 7.11 Å². The van der Waals surface area contributed by atoms with Crippen molar-refractivity contribution >= 4 is 17.7 Å². The first-order chi connectivity index (χ1) is 8.06. The summed E-state index contributed by atoms with van der Waals surface area (Å²) in [4.78, 5) is 14.4. The Hall–Kier alpha value is -0.280.